The molecule has 0 saturated carbocycles. The average molecular weight is 377 g/mol. The second-order valence-corrected chi connectivity index (χ2v) is 6.31. The zero-order chi connectivity index (χ0) is 19.6. The summed E-state index contributed by atoms with van der Waals surface area (Å²) in [6.07, 6.45) is -0.507. The van der Waals surface area contributed by atoms with E-state index in [2.05, 4.69) is 23.0 Å². The number of piperazine rings is 1. The molecule has 150 valence electrons. The molecule has 0 unspecified atom stereocenters. The van der Waals surface area contributed by atoms with E-state index in [9.17, 15) is 13.2 Å². The number of ether oxygens (including phenoxy) is 2. The fraction of sp³-hybridized carbons (Fsp3) is 0.667. The summed E-state index contributed by atoms with van der Waals surface area (Å²) in [5.74, 6) is 0.550. The minimum atomic E-state index is -4.14. The first-order chi connectivity index (χ1) is 12.2. The van der Waals surface area contributed by atoms with Crippen LogP contribution >= 0.6 is 0 Å². The van der Waals surface area contributed by atoms with Gasteiger partial charge < -0.3 is 14.4 Å². The van der Waals surface area contributed by atoms with Crippen molar-refractivity contribution in [3.63, 3.8) is 0 Å². The molecule has 1 aliphatic heterocycles. The first-order valence-corrected chi connectivity index (χ1v) is 8.61. The molecule has 1 saturated heterocycles. The molecule has 0 aromatic carbocycles. The Hall–Kier alpha value is -1.51. The Balaban J connectivity index is 2.26. The van der Waals surface area contributed by atoms with Crippen LogP contribution in [-0.2, 0) is 9.47 Å². The van der Waals surface area contributed by atoms with Crippen molar-refractivity contribution in [3.8, 4) is 0 Å². The minimum absolute atomic E-state index is 0.402. The van der Waals surface area contributed by atoms with Crippen LogP contribution in [0.5, 0.6) is 0 Å². The first kappa shape index (κ1) is 22.5. The maximum Gasteiger partial charge on any atom is 0.401 e. The molecule has 0 atom stereocenters. The highest BCUT2D eigenvalue weighted by Gasteiger charge is 2.29. The summed E-state index contributed by atoms with van der Waals surface area (Å²) in [6.45, 7) is 12.2. The van der Waals surface area contributed by atoms with Gasteiger partial charge in [0.1, 0.15) is 12.4 Å². The normalized spacial score (nSPS) is 16.5. The standard InChI is InChI=1S/C18H30F3N3O2/c1-16(5-6-17(2)26-14-13-25-4)24-11-9-23(10-12-24)8-7-22(3)15-18(19,20)21/h5-6H,1-2,7-15H2,3-4H3/b6-5-. The number of halogens is 3. The molecule has 0 amide bonds. The Morgan fingerprint density at radius 1 is 1.12 bits per heavy atom. The maximum atomic E-state index is 12.3. The third-order valence-electron chi connectivity index (χ3n) is 4.06. The van der Waals surface area contributed by atoms with Gasteiger partial charge in [-0.2, -0.15) is 13.2 Å². The molecule has 0 bridgehead atoms. The van der Waals surface area contributed by atoms with Gasteiger partial charge in [-0.15, -0.1) is 0 Å². The van der Waals surface area contributed by atoms with Crippen molar-refractivity contribution < 1.29 is 22.6 Å². The molecule has 0 radical (unpaired) electrons. The highest BCUT2D eigenvalue weighted by atomic mass is 19.4. The largest absolute Gasteiger partial charge is 0.492 e. The van der Waals surface area contributed by atoms with Gasteiger partial charge in [0.2, 0.25) is 0 Å². The number of hydrogen-bond acceptors (Lipinski definition) is 5. The molecular weight excluding hydrogens is 347 g/mol. The van der Waals surface area contributed by atoms with Crippen LogP contribution in [-0.4, -0.2) is 94.1 Å². The first-order valence-electron chi connectivity index (χ1n) is 8.61. The van der Waals surface area contributed by atoms with Crippen molar-refractivity contribution in [1.82, 2.24) is 14.7 Å². The quantitative estimate of drug-likeness (QED) is 0.313. The van der Waals surface area contributed by atoms with E-state index in [1.165, 1.54) is 11.9 Å². The van der Waals surface area contributed by atoms with Crippen LogP contribution in [0.3, 0.4) is 0 Å². The number of allylic oxidation sites excluding steroid dienone is 2. The van der Waals surface area contributed by atoms with Gasteiger partial charge >= 0.3 is 6.18 Å². The summed E-state index contributed by atoms with van der Waals surface area (Å²) in [5.41, 5.74) is 0.871. The highest BCUT2D eigenvalue weighted by molar-refractivity contribution is 5.21. The van der Waals surface area contributed by atoms with Crippen LogP contribution < -0.4 is 0 Å². The summed E-state index contributed by atoms with van der Waals surface area (Å²) in [6, 6.07) is 0. The fourth-order valence-corrected chi connectivity index (χ4v) is 2.55. The molecule has 1 heterocycles. The van der Waals surface area contributed by atoms with Crippen molar-refractivity contribution in [2.75, 3.05) is 73.2 Å². The molecule has 0 spiro atoms. The maximum absolute atomic E-state index is 12.3. The van der Waals surface area contributed by atoms with E-state index >= 15 is 0 Å². The molecule has 26 heavy (non-hydrogen) atoms. The van der Waals surface area contributed by atoms with Crippen molar-refractivity contribution in [3.05, 3.63) is 36.8 Å². The van der Waals surface area contributed by atoms with Crippen LogP contribution in [0.2, 0.25) is 0 Å². The molecule has 0 aromatic heterocycles. The third-order valence-corrected chi connectivity index (χ3v) is 4.06. The molecule has 5 nitrogen and oxygen atoms in total. The van der Waals surface area contributed by atoms with E-state index < -0.39 is 12.7 Å². The fourth-order valence-electron chi connectivity index (χ4n) is 2.55. The van der Waals surface area contributed by atoms with Crippen LogP contribution in [0.25, 0.3) is 0 Å². The Morgan fingerprint density at radius 3 is 2.35 bits per heavy atom. The number of nitrogens with zero attached hydrogens (tertiary/aromatic N) is 3. The van der Waals surface area contributed by atoms with Crippen LogP contribution in [0.1, 0.15) is 0 Å². The van der Waals surface area contributed by atoms with Gasteiger partial charge in [-0.05, 0) is 19.2 Å². The Morgan fingerprint density at radius 2 is 1.77 bits per heavy atom. The second kappa shape index (κ2) is 11.3. The monoisotopic (exact) mass is 377 g/mol. The van der Waals surface area contributed by atoms with Crippen LogP contribution in [0.15, 0.2) is 36.8 Å². The van der Waals surface area contributed by atoms with Gasteiger partial charge in [-0.3, -0.25) is 9.80 Å². The van der Waals surface area contributed by atoms with Gasteiger partial charge in [0.05, 0.1) is 13.2 Å². The van der Waals surface area contributed by atoms with Crippen molar-refractivity contribution in [1.29, 1.82) is 0 Å². The Kier molecular flexibility index (Phi) is 9.75. The van der Waals surface area contributed by atoms with E-state index in [0.29, 0.717) is 32.1 Å². The van der Waals surface area contributed by atoms with Crippen LogP contribution in [0, 0.1) is 0 Å². The van der Waals surface area contributed by atoms with E-state index in [1.54, 1.807) is 13.2 Å². The molecule has 1 fully saturated rings. The summed E-state index contributed by atoms with van der Waals surface area (Å²) < 4.78 is 47.3. The van der Waals surface area contributed by atoms with Gasteiger partial charge in [-0.25, -0.2) is 0 Å². The van der Waals surface area contributed by atoms with Crippen molar-refractivity contribution in [2.24, 2.45) is 0 Å². The molecule has 0 N–H and O–H groups in total. The third kappa shape index (κ3) is 9.84. The van der Waals surface area contributed by atoms with Gasteiger partial charge in [0, 0.05) is 52.1 Å². The van der Waals surface area contributed by atoms with E-state index in [0.717, 1.165) is 31.9 Å². The highest BCUT2D eigenvalue weighted by Crippen LogP contribution is 2.15. The molecule has 0 aromatic rings. The number of alkyl halides is 3. The van der Waals surface area contributed by atoms with Crippen LogP contribution in [0.4, 0.5) is 13.2 Å². The molecule has 0 aliphatic carbocycles. The topological polar surface area (TPSA) is 28.2 Å². The average Bonchev–Trinajstić information content (AvgIpc) is 2.57. The van der Waals surface area contributed by atoms with E-state index in [-0.39, 0.29) is 0 Å². The zero-order valence-corrected chi connectivity index (χ0v) is 15.7. The van der Waals surface area contributed by atoms with Crippen molar-refractivity contribution >= 4 is 0 Å². The second-order valence-electron chi connectivity index (χ2n) is 6.31. The minimum Gasteiger partial charge on any atom is -0.492 e. The molecule has 8 heteroatoms. The number of methoxy groups -OCH3 is 1. The lowest BCUT2D eigenvalue weighted by molar-refractivity contribution is -0.143. The molecule has 1 aliphatic rings. The van der Waals surface area contributed by atoms with Crippen molar-refractivity contribution in [2.45, 2.75) is 6.18 Å². The van der Waals surface area contributed by atoms with Gasteiger partial charge in [0.15, 0.2) is 0 Å². The van der Waals surface area contributed by atoms with Gasteiger partial charge in [-0.1, -0.05) is 13.2 Å². The SMILES string of the molecule is C=C(/C=C\C(=C)N1CCN(CCN(C)CC(F)(F)F)CC1)OCCOC. The number of likely N-dealkylation sites (N-methyl/N-ethyl adjacent to an activating group) is 1. The van der Waals surface area contributed by atoms with E-state index in [4.69, 9.17) is 9.47 Å². The summed E-state index contributed by atoms with van der Waals surface area (Å²) >= 11 is 0. The lowest BCUT2D eigenvalue weighted by atomic mass is 10.2. The van der Waals surface area contributed by atoms with E-state index in [1.807, 2.05) is 6.08 Å². The Labute approximate surface area is 154 Å². The lowest BCUT2D eigenvalue weighted by Gasteiger charge is -2.37. The lowest BCUT2D eigenvalue weighted by Crippen LogP contribution is -2.48. The predicted octanol–water partition coefficient (Wildman–Crippen LogP) is 2.34. The van der Waals surface area contributed by atoms with Gasteiger partial charge in [0.25, 0.3) is 0 Å². The Bertz CT molecular complexity index is 473. The predicted molar refractivity (Wildman–Crippen MR) is 96.8 cm³/mol. The summed E-state index contributed by atoms with van der Waals surface area (Å²) in [5, 5.41) is 0. The molecule has 1 rings (SSSR count). The summed E-state index contributed by atoms with van der Waals surface area (Å²) in [4.78, 5) is 5.63. The number of rotatable bonds is 11. The summed E-state index contributed by atoms with van der Waals surface area (Å²) in [7, 11) is 3.11. The smallest absolute Gasteiger partial charge is 0.401 e. The molecular formula is C18H30F3N3O2. The zero-order valence-electron chi connectivity index (χ0n) is 15.7. The number of hydrogen-bond donors (Lipinski definition) is 0.